The number of hydrogen-bond donors (Lipinski definition) is 1. The predicted octanol–water partition coefficient (Wildman–Crippen LogP) is 8.33. The predicted molar refractivity (Wildman–Crippen MR) is 278 cm³/mol. The van der Waals surface area contributed by atoms with Crippen LogP contribution in [0.15, 0.2) is 50.6 Å². The Balaban J connectivity index is 0.000000313. The summed E-state index contributed by atoms with van der Waals surface area (Å²) in [5.41, 5.74) is 10.2. The highest BCUT2D eigenvalue weighted by molar-refractivity contribution is 7.80. The molecule has 4 heterocycles. The van der Waals surface area contributed by atoms with Gasteiger partial charge in [-0.25, -0.2) is 4.36 Å². The molecular weight excluding hydrogens is 871 g/mol. The van der Waals surface area contributed by atoms with Crippen molar-refractivity contribution in [1.29, 1.82) is 0 Å². The Labute approximate surface area is 405 Å². The summed E-state index contributed by atoms with van der Waals surface area (Å²) in [7, 11) is 18.4. The number of pyridine rings is 2. The minimum atomic E-state index is 0. The number of ether oxygens (including phenoxy) is 4. The van der Waals surface area contributed by atoms with E-state index in [0.29, 0.717) is 19.6 Å². The minimum absolute atomic E-state index is 0. The summed E-state index contributed by atoms with van der Waals surface area (Å²) in [5, 5.41) is 3.30. The zero-order valence-corrected chi connectivity index (χ0v) is 42.7. The molecule has 4 aromatic rings. The van der Waals surface area contributed by atoms with E-state index in [1.807, 2.05) is 59.8 Å². The van der Waals surface area contributed by atoms with Crippen molar-refractivity contribution in [3.63, 3.8) is 0 Å². The van der Waals surface area contributed by atoms with Crippen LogP contribution >= 0.6 is 12.2 Å². The zero-order chi connectivity index (χ0) is 47.8. The van der Waals surface area contributed by atoms with Gasteiger partial charge < -0.3 is 48.1 Å². The second-order valence-electron chi connectivity index (χ2n) is 17.2. The molecular formula is C51H77N7O6S2. The Kier molecular flexibility index (Phi) is 23.0. The number of fused-ring (bicyclic) bond motifs is 2. The summed E-state index contributed by atoms with van der Waals surface area (Å²) >= 11 is 10.1. The molecule has 0 radical (unpaired) electrons. The quantitative estimate of drug-likeness (QED) is 0.0811. The van der Waals surface area contributed by atoms with E-state index >= 15 is 0 Å². The van der Waals surface area contributed by atoms with Gasteiger partial charge in [0.25, 0.3) is 11.1 Å². The number of nitrogens with one attached hydrogen (secondary N) is 1. The van der Waals surface area contributed by atoms with Crippen molar-refractivity contribution < 1.29 is 18.9 Å². The molecule has 0 aliphatic carbocycles. The van der Waals surface area contributed by atoms with Crippen molar-refractivity contribution in [1.82, 2.24) is 29.2 Å². The lowest BCUT2D eigenvalue weighted by atomic mass is 9.91. The van der Waals surface area contributed by atoms with E-state index in [-0.39, 0.29) is 18.5 Å². The summed E-state index contributed by atoms with van der Waals surface area (Å²) in [5.74, 6) is 3.17. The largest absolute Gasteiger partial charge is 0.496 e. The van der Waals surface area contributed by atoms with Crippen LogP contribution in [0.3, 0.4) is 0 Å². The lowest BCUT2D eigenvalue weighted by molar-refractivity contribution is 0.349. The molecule has 2 aliphatic rings. The van der Waals surface area contributed by atoms with Crippen LogP contribution in [0.2, 0.25) is 0 Å². The fraction of sp³-hybridized carbons (Fsp3) is 0.549. The number of unbranched alkanes of at least 4 members (excludes halogenated alkanes) is 3. The Morgan fingerprint density at radius 3 is 1.56 bits per heavy atom. The molecule has 0 saturated carbocycles. The van der Waals surface area contributed by atoms with Gasteiger partial charge in [-0.1, -0.05) is 52.8 Å². The van der Waals surface area contributed by atoms with Crippen molar-refractivity contribution in [2.75, 3.05) is 76.3 Å². The first kappa shape index (κ1) is 55.7. The summed E-state index contributed by atoms with van der Waals surface area (Å²) in [6.07, 6.45) is 12.2. The van der Waals surface area contributed by atoms with Crippen molar-refractivity contribution in [3.8, 4) is 45.3 Å². The third-order valence-electron chi connectivity index (χ3n) is 11.8. The molecule has 2 aromatic carbocycles. The van der Waals surface area contributed by atoms with E-state index in [9.17, 15) is 9.59 Å². The first-order valence-electron chi connectivity index (χ1n) is 22.7. The SMILES string of the molecule is C.CCCCCC(=S)N1CCc2c(-c3cc(OC)c(CN(C)C)c(OC)c3)cn(C)c(=O)c2C1.CCCCN=S.COc1cc(-c2cn(C)c(=O)c3c2CCNC3)cc(OC)c1CN(C)C. The van der Waals surface area contributed by atoms with Crippen LogP contribution < -0.4 is 35.4 Å². The van der Waals surface area contributed by atoms with E-state index in [1.54, 1.807) is 44.6 Å². The lowest BCUT2D eigenvalue weighted by Gasteiger charge is -2.32. The van der Waals surface area contributed by atoms with E-state index in [4.69, 9.17) is 31.2 Å². The summed E-state index contributed by atoms with van der Waals surface area (Å²) < 4.78 is 29.7. The first-order chi connectivity index (χ1) is 31.2. The fourth-order valence-corrected chi connectivity index (χ4v) is 8.80. The van der Waals surface area contributed by atoms with Gasteiger partial charge in [0.15, 0.2) is 0 Å². The maximum absolute atomic E-state index is 13.1. The molecule has 15 heteroatoms. The molecule has 0 unspecified atom stereocenters. The van der Waals surface area contributed by atoms with Gasteiger partial charge in [0.1, 0.15) is 23.0 Å². The normalized spacial score (nSPS) is 12.7. The topological polar surface area (TPSA) is 115 Å². The molecule has 0 saturated heterocycles. The smallest absolute Gasteiger partial charge is 0.255 e. The van der Waals surface area contributed by atoms with Gasteiger partial charge in [-0.05, 0) is 113 Å². The Hall–Kier alpha value is -4.67. The number of aryl methyl sites for hydroxylation is 2. The van der Waals surface area contributed by atoms with Gasteiger partial charge in [0.2, 0.25) is 0 Å². The van der Waals surface area contributed by atoms with Crippen LogP contribution in [-0.2, 0) is 65.5 Å². The van der Waals surface area contributed by atoms with Gasteiger partial charge in [-0.15, -0.1) is 0 Å². The summed E-state index contributed by atoms with van der Waals surface area (Å²) in [4.78, 5) is 32.9. The molecule has 0 amide bonds. The summed E-state index contributed by atoms with van der Waals surface area (Å²) in [6, 6.07) is 8.21. The van der Waals surface area contributed by atoms with E-state index in [2.05, 4.69) is 62.8 Å². The van der Waals surface area contributed by atoms with E-state index in [1.165, 1.54) is 19.3 Å². The van der Waals surface area contributed by atoms with Crippen LogP contribution in [0.25, 0.3) is 22.3 Å². The highest BCUT2D eigenvalue weighted by Crippen LogP contribution is 2.39. The van der Waals surface area contributed by atoms with Gasteiger partial charge >= 0.3 is 0 Å². The third-order valence-corrected chi connectivity index (χ3v) is 12.4. The number of nitrogens with zero attached hydrogens (tertiary/aromatic N) is 6. The molecule has 0 spiro atoms. The molecule has 66 heavy (non-hydrogen) atoms. The zero-order valence-electron chi connectivity index (χ0n) is 41.0. The van der Waals surface area contributed by atoms with Gasteiger partial charge in [-0.2, -0.15) is 0 Å². The lowest BCUT2D eigenvalue weighted by Crippen LogP contribution is -2.39. The highest BCUT2D eigenvalue weighted by Gasteiger charge is 2.26. The third kappa shape index (κ3) is 14.2. The Morgan fingerprint density at radius 2 is 1.15 bits per heavy atom. The Morgan fingerprint density at radius 1 is 0.697 bits per heavy atom. The molecule has 0 bridgehead atoms. The maximum atomic E-state index is 13.1. The van der Waals surface area contributed by atoms with Crippen molar-refractivity contribution >= 4 is 29.6 Å². The number of methoxy groups -OCH3 is 4. The van der Waals surface area contributed by atoms with Crippen LogP contribution in [0.1, 0.15) is 93.2 Å². The Bertz CT molecular complexity index is 2310. The molecule has 2 aliphatic heterocycles. The number of aromatic nitrogens is 2. The first-order valence-corrected chi connectivity index (χ1v) is 23.5. The molecule has 364 valence electrons. The van der Waals surface area contributed by atoms with Crippen LogP contribution in [0.4, 0.5) is 0 Å². The number of hydrogen-bond acceptors (Lipinski definition) is 12. The molecule has 6 rings (SSSR count). The average Bonchev–Trinajstić information content (AvgIpc) is 3.30. The standard InChI is InChI=1S/C26H37N3O3S.C20H27N3O3.C4H9NS.CH4/c1-7-8-9-10-25(33)29-12-11-19-20(16-28(4)26(30)21(19)17-29)18-13-23(31-5)22(15-27(2)3)24(14-18)32-6;1-22(2)11-17-18(25-4)8-13(9-19(17)26-5)16-12-23(3)20(24)15-10-21-7-6-14(15)16;1-2-3-4-5-6;/h13-14,16H,7-12,15,17H2,1-6H3;8-9,12,21H,6-7,10-11H2,1-5H3;2-4H2,1H3;1H4. The summed E-state index contributed by atoms with van der Waals surface area (Å²) in [6.45, 7) is 9.51. The molecule has 0 atom stereocenters. The van der Waals surface area contributed by atoms with Gasteiger partial charge in [0, 0.05) is 93.9 Å². The van der Waals surface area contributed by atoms with Crippen molar-refractivity contribution in [2.45, 2.75) is 98.8 Å². The molecule has 2 aromatic heterocycles. The molecule has 0 fully saturated rings. The van der Waals surface area contributed by atoms with Crippen LogP contribution in [0, 0.1) is 0 Å². The second kappa shape index (κ2) is 27.2. The second-order valence-corrected chi connectivity index (χ2v) is 17.9. The van der Waals surface area contributed by atoms with Crippen LogP contribution in [-0.4, -0.2) is 105 Å². The molecule has 13 nitrogen and oxygen atoms in total. The van der Waals surface area contributed by atoms with E-state index < -0.39 is 0 Å². The molecule has 1 N–H and O–H groups in total. The van der Waals surface area contributed by atoms with Crippen LogP contribution in [0.5, 0.6) is 23.0 Å². The average molecular weight is 948 g/mol. The van der Waals surface area contributed by atoms with Crippen molar-refractivity contribution in [3.05, 3.63) is 90.7 Å². The maximum Gasteiger partial charge on any atom is 0.255 e. The monoisotopic (exact) mass is 948 g/mol. The number of thiocarbonyl (C=S) groups is 1. The van der Waals surface area contributed by atoms with Gasteiger partial charge in [0.05, 0.1) is 51.1 Å². The highest BCUT2D eigenvalue weighted by atomic mass is 32.1. The number of rotatable bonds is 17. The van der Waals surface area contributed by atoms with Crippen molar-refractivity contribution in [2.24, 2.45) is 18.5 Å². The fourth-order valence-electron chi connectivity index (χ4n) is 8.37. The number of benzene rings is 2. The van der Waals surface area contributed by atoms with E-state index in [0.717, 1.165) is 142 Å². The van der Waals surface area contributed by atoms with Gasteiger partial charge in [-0.3, -0.25) is 9.59 Å². The minimum Gasteiger partial charge on any atom is -0.496 e.